The van der Waals surface area contributed by atoms with E-state index in [2.05, 4.69) is 30.4 Å². The number of aromatic amines is 1. The molecule has 4 N–H and O–H groups in total. The average molecular weight is 367 g/mol. The minimum Gasteiger partial charge on any atom is -0.504 e. The van der Waals surface area contributed by atoms with Crippen LogP contribution in [-0.4, -0.2) is 50.7 Å². The highest BCUT2D eigenvalue weighted by Crippen LogP contribution is 2.31. The number of nitrogens with zero attached hydrogens (tertiary/aromatic N) is 7. The van der Waals surface area contributed by atoms with Crippen molar-refractivity contribution in [3.8, 4) is 28.8 Å². The SMILES string of the molecule is CCn1nc(C)c(O)c1-c1n[nH]c(-c2nc(C(N)=O)cc3c2cnn3C)n1. The third-order valence-corrected chi connectivity index (χ3v) is 4.31. The number of H-pyrrole nitrogens is 1. The molecule has 1 amide bonds. The number of aromatic hydroxyl groups is 1. The van der Waals surface area contributed by atoms with E-state index < -0.39 is 5.91 Å². The van der Waals surface area contributed by atoms with Crippen LogP contribution in [0.5, 0.6) is 5.75 Å². The smallest absolute Gasteiger partial charge is 0.267 e. The monoisotopic (exact) mass is 367 g/mol. The summed E-state index contributed by atoms with van der Waals surface area (Å²) in [7, 11) is 1.75. The molecule has 4 aromatic rings. The van der Waals surface area contributed by atoms with Crippen LogP contribution < -0.4 is 5.73 Å². The Labute approximate surface area is 152 Å². The number of pyridine rings is 1. The normalized spacial score (nSPS) is 11.4. The number of hydrogen-bond donors (Lipinski definition) is 3. The molecule has 0 aliphatic rings. The van der Waals surface area contributed by atoms with Crippen molar-refractivity contribution in [2.45, 2.75) is 20.4 Å². The highest BCUT2D eigenvalue weighted by Gasteiger charge is 2.22. The Morgan fingerprint density at radius 1 is 1.37 bits per heavy atom. The first-order valence-electron chi connectivity index (χ1n) is 8.22. The van der Waals surface area contributed by atoms with Gasteiger partial charge in [0.2, 0.25) is 5.82 Å². The van der Waals surface area contributed by atoms with Gasteiger partial charge in [-0.05, 0) is 19.9 Å². The number of hydrogen-bond acceptors (Lipinski definition) is 7. The van der Waals surface area contributed by atoms with Crippen LogP contribution in [0.1, 0.15) is 23.1 Å². The molecule has 4 rings (SSSR count). The van der Waals surface area contributed by atoms with E-state index in [-0.39, 0.29) is 17.3 Å². The van der Waals surface area contributed by atoms with Gasteiger partial charge in [-0.2, -0.15) is 15.3 Å². The minimum absolute atomic E-state index is 0.0211. The van der Waals surface area contributed by atoms with E-state index >= 15 is 0 Å². The molecule has 0 aromatic carbocycles. The lowest BCUT2D eigenvalue weighted by molar-refractivity contribution is 0.0996. The molecule has 11 heteroatoms. The Morgan fingerprint density at radius 2 is 2.15 bits per heavy atom. The zero-order chi connectivity index (χ0) is 19.3. The van der Waals surface area contributed by atoms with Gasteiger partial charge in [-0.1, -0.05) is 0 Å². The summed E-state index contributed by atoms with van der Waals surface area (Å²) in [4.78, 5) is 20.4. The zero-order valence-electron chi connectivity index (χ0n) is 14.9. The van der Waals surface area contributed by atoms with Gasteiger partial charge >= 0.3 is 0 Å². The van der Waals surface area contributed by atoms with E-state index in [0.717, 1.165) is 0 Å². The highest BCUT2D eigenvalue weighted by atomic mass is 16.3. The minimum atomic E-state index is -0.656. The predicted molar refractivity (Wildman–Crippen MR) is 95.7 cm³/mol. The number of carbonyl (C=O) groups is 1. The van der Waals surface area contributed by atoms with Crippen LogP contribution in [-0.2, 0) is 13.6 Å². The number of fused-ring (bicyclic) bond motifs is 1. The van der Waals surface area contributed by atoms with Crippen LogP contribution in [0.4, 0.5) is 0 Å². The molecule has 4 aromatic heterocycles. The topological polar surface area (TPSA) is 153 Å². The van der Waals surface area contributed by atoms with Gasteiger partial charge in [0.1, 0.15) is 22.8 Å². The highest BCUT2D eigenvalue weighted by molar-refractivity contribution is 5.98. The predicted octanol–water partition coefficient (Wildman–Crippen LogP) is 0.750. The number of rotatable bonds is 4. The lowest BCUT2D eigenvalue weighted by Gasteiger charge is -2.03. The fourth-order valence-electron chi connectivity index (χ4n) is 2.95. The summed E-state index contributed by atoms with van der Waals surface area (Å²) in [6, 6.07) is 1.58. The molecular formula is C16H17N9O2. The first-order chi connectivity index (χ1) is 12.9. The van der Waals surface area contributed by atoms with Gasteiger partial charge in [0, 0.05) is 19.0 Å². The molecule has 0 aliphatic carbocycles. The molecule has 0 bridgehead atoms. The maximum atomic E-state index is 11.7. The van der Waals surface area contributed by atoms with Crippen LogP contribution in [0, 0.1) is 6.92 Å². The summed E-state index contributed by atoms with van der Waals surface area (Å²) in [6.45, 7) is 4.15. The third-order valence-electron chi connectivity index (χ3n) is 4.31. The van der Waals surface area contributed by atoms with E-state index in [1.54, 1.807) is 35.6 Å². The summed E-state index contributed by atoms with van der Waals surface area (Å²) >= 11 is 0. The zero-order valence-corrected chi connectivity index (χ0v) is 14.9. The molecule has 0 radical (unpaired) electrons. The van der Waals surface area contributed by atoms with Gasteiger partial charge in [-0.25, -0.2) is 9.97 Å². The van der Waals surface area contributed by atoms with Crippen molar-refractivity contribution in [1.82, 2.24) is 39.7 Å². The number of nitrogens with two attached hydrogens (primary N) is 1. The summed E-state index contributed by atoms with van der Waals surface area (Å²) < 4.78 is 3.23. The van der Waals surface area contributed by atoms with Crippen molar-refractivity contribution >= 4 is 16.8 Å². The molecule has 27 heavy (non-hydrogen) atoms. The molecule has 0 atom stereocenters. The Balaban J connectivity index is 1.91. The van der Waals surface area contributed by atoms with Gasteiger partial charge in [0.15, 0.2) is 11.6 Å². The fourth-order valence-corrected chi connectivity index (χ4v) is 2.95. The molecular weight excluding hydrogens is 350 g/mol. The molecule has 0 fully saturated rings. The Morgan fingerprint density at radius 3 is 2.85 bits per heavy atom. The number of aryl methyl sites for hydroxylation is 3. The van der Waals surface area contributed by atoms with E-state index in [0.29, 0.717) is 40.4 Å². The van der Waals surface area contributed by atoms with Gasteiger partial charge < -0.3 is 10.8 Å². The lowest BCUT2D eigenvalue weighted by Crippen LogP contribution is -2.13. The number of carbonyl (C=O) groups excluding carboxylic acids is 1. The first kappa shape index (κ1) is 16.7. The van der Waals surface area contributed by atoms with Crippen molar-refractivity contribution in [3.63, 3.8) is 0 Å². The van der Waals surface area contributed by atoms with Crippen molar-refractivity contribution in [3.05, 3.63) is 23.7 Å². The van der Waals surface area contributed by atoms with Gasteiger partial charge in [-0.3, -0.25) is 19.3 Å². The maximum Gasteiger partial charge on any atom is 0.267 e. The van der Waals surface area contributed by atoms with Crippen LogP contribution >= 0.6 is 0 Å². The Hall–Kier alpha value is -3.76. The fraction of sp³-hybridized carbons (Fsp3) is 0.250. The van der Waals surface area contributed by atoms with Crippen LogP contribution in [0.3, 0.4) is 0 Å². The first-order valence-corrected chi connectivity index (χ1v) is 8.22. The van der Waals surface area contributed by atoms with Crippen LogP contribution in [0.25, 0.3) is 33.9 Å². The second-order valence-electron chi connectivity index (χ2n) is 6.03. The molecule has 0 aliphatic heterocycles. The van der Waals surface area contributed by atoms with Gasteiger partial charge in [0.25, 0.3) is 5.91 Å². The Kier molecular flexibility index (Phi) is 3.65. The molecule has 4 heterocycles. The second kappa shape index (κ2) is 5.90. The maximum absolute atomic E-state index is 11.7. The van der Waals surface area contributed by atoms with Crippen LogP contribution in [0.2, 0.25) is 0 Å². The Bertz CT molecular complexity index is 1180. The van der Waals surface area contributed by atoms with Crippen molar-refractivity contribution in [2.75, 3.05) is 0 Å². The van der Waals surface area contributed by atoms with Crippen molar-refractivity contribution in [1.29, 1.82) is 0 Å². The second-order valence-corrected chi connectivity index (χ2v) is 6.03. The molecule has 0 spiro atoms. The molecule has 11 nitrogen and oxygen atoms in total. The van der Waals surface area contributed by atoms with Crippen LogP contribution in [0.15, 0.2) is 12.3 Å². The lowest BCUT2D eigenvalue weighted by atomic mass is 10.2. The van der Waals surface area contributed by atoms with Gasteiger partial charge in [0.05, 0.1) is 11.7 Å². The molecule has 0 unspecified atom stereocenters. The van der Waals surface area contributed by atoms with E-state index in [9.17, 15) is 9.90 Å². The largest absolute Gasteiger partial charge is 0.504 e. The molecule has 138 valence electrons. The summed E-state index contributed by atoms with van der Waals surface area (Å²) in [5, 5.41) is 26.5. The van der Waals surface area contributed by atoms with Crippen molar-refractivity contribution < 1.29 is 9.90 Å². The number of aromatic nitrogens is 8. The summed E-state index contributed by atoms with van der Waals surface area (Å²) in [5.41, 5.74) is 7.47. The van der Waals surface area contributed by atoms with Crippen molar-refractivity contribution in [2.24, 2.45) is 12.8 Å². The average Bonchev–Trinajstić information content (AvgIpc) is 3.33. The summed E-state index contributed by atoms with van der Waals surface area (Å²) in [6.07, 6.45) is 1.63. The number of primary amides is 1. The summed E-state index contributed by atoms with van der Waals surface area (Å²) in [5.74, 6) is -0.0375. The van der Waals surface area contributed by atoms with E-state index in [1.807, 2.05) is 6.92 Å². The number of nitrogens with one attached hydrogen (secondary N) is 1. The van der Waals surface area contributed by atoms with E-state index in [1.165, 1.54) is 0 Å². The third kappa shape index (κ3) is 2.51. The quantitative estimate of drug-likeness (QED) is 0.481. The standard InChI is InChI=1S/C16H17N9O2/c1-4-25-12(13(26)7(2)23-25)16-20-15(21-22-16)11-8-6-18-24(3)10(8)5-9(19-11)14(17)27/h5-6,26H,4H2,1-3H3,(H2,17,27)(H,20,21,22). The van der Waals surface area contributed by atoms with E-state index in [4.69, 9.17) is 5.73 Å². The molecule has 0 saturated heterocycles. The molecule has 0 saturated carbocycles. The van der Waals surface area contributed by atoms with Gasteiger partial charge in [-0.15, -0.1) is 0 Å². The number of amides is 1.